The number of nitrogens with one attached hydrogen (secondary N) is 2. The van der Waals surface area contributed by atoms with Crippen LogP contribution >= 0.6 is 0 Å². The smallest absolute Gasteiger partial charge is 0.255 e. The van der Waals surface area contributed by atoms with Crippen molar-refractivity contribution in [3.05, 3.63) is 77.2 Å². The van der Waals surface area contributed by atoms with Gasteiger partial charge in [0.1, 0.15) is 11.6 Å². The third-order valence-electron chi connectivity index (χ3n) is 7.29. The molecule has 7 heteroatoms. The average molecular weight is 484 g/mol. The molecule has 6 rings (SSSR count). The zero-order chi connectivity index (χ0) is 25.0. The number of rotatable bonds is 7. The average Bonchev–Trinajstić information content (AvgIpc) is 3.70. The summed E-state index contributed by atoms with van der Waals surface area (Å²) in [6, 6.07) is 15.3. The SMILES string of the molecule is CCCc1nc2oc(-c3ccc(F)cc3)c(C(=O)NC)c2cc1-c1cccc(C(=O)NC23CC2C3)c1. The molecule has 2 N–H and O–H groups in total. The topological polar surface area (TPSA) is 84.2 Å². The first kappa shape index (κ1) is 22.5. The zero-order valence-corrected chi connectivity index (χ0v) is 20.2. The van der Waals surface area contributed by atoms with Gasteiger partial charge in [-0.15, -0.1) is 0 Å². The normalized spacial score (nSPS) is 19.6. The number of fused-ring (bicyclic) bond motifs is 2. The van der Waals surface area contributed by atoms with E-state index >= 15 is 0 Å². The van der Waals surface area contributed by atoms with Crippen LogP contribution in [0, 0.1) is 11.7 Å². The highest BCUT2D eigenvalue weighted by Gasteiger charge is 2.70. The lowest BCUT2D eigenvalue weighted by Gasteiger charge is -2.12. The molecule has 2 aromatic heterocycles. The van der Waals surface area contributed by atoms with Crippen molar-refractivity contribution in [1.82, 2.24) is 15.6 Å². The highest BCUT2D eigenvalue weighted by molar-refractivity contribution is 6.11. The van der Waals surface area contributed by atoms with E-state index in [0.29, 0.717) is 45.9 Å². The summed E-state index contributed by atoms with van der Waals surface area (Å²) in [7, 11) is 1.56. The predicted molar refractivity (Wildman–Crippen MR) is 135 cm³/mol. The molecule has 2 aliphatic carbocycles. The molecule has 2 amide bonds. The number of carbonyl (C=O) groups excluding carboxylic acids is 2. The van der Waals surface area contributed by atoms with Crippen molar-refractivity contribution in [3.8, 4) is 22.5 Å². The predicted octanol–water partition coefficient (Wildman–Crippen LogP) is 5.51. The van der Waals surface area contributed by atoms with Crippen molar-refractivity contribution < 1.29 is 18.4 Å². The number of nitrogens with zero attached hydrogens (tertiary/aromatic N) is 1. The molecule has 2 aliphatic rings. The number of furan rings is 1. The van der Waals surface area contributed by atoms with E-state index in [1.54, 1.807) is 19.2 Å². The van der Waals surface area contributed by atoms with E-state index in [4.69, 9.17) is 9.40 Å². The molecule has 6 nitrogen and oxygen atoms in total. The number of carbonyl (C=O) groups is 2. The molecule has 2 heterocycles. The van der Waals surface area contributed by atoms with Crippen molar-refractivity contribution in [2.24, 2.45) is 5.92 Å². The summed E-state index contributed by atoms with van der Waals surface area (Å²) in [6.07, 6.45) is 3.73. The van der Waals surface area contributed by atoms with Gasteiger partial charge in [-0.25, -0.2) is 9.37 Å². The second kappa shape index (κ2) is 8.29. The molecule has 0 unspecified atom stereocenters. The molecule has 0 saturated heterocycles. The lowest BCUT2D eigenvalue weighted by Crippen LogP contribution is -2.30. The van der Waals surface area contributed by atoms with Crippen molar-refractivity contribution in [2.75, 3.05) is 7.05 Å². The molecule has 182 valence electrons. The lowest BCUT2D eigenvalue weighted by molar-refractivity contribution is 0.0939. The maximum atomic E-state index is 13.5. The molecule has 0 radical (unpaired) electrons. The van der Waals surface area contributed by atoms with Gasteiger partial charge in [0.25, 0.3) is 11.8 Å². The molecule has 2 fully saturated rings. The summed E-state index contributed by atoms with van der Waals surface area (Å²) in [6.45, 7) is 2.07. The lowest BCUT2D eigenvalue weighted by atomic mass is 9.97. The number of amides is 2. The Kier molecular flexibility index (Phi) is 5.18. The van der Waals surface area contributed by atoms with Gasteiger partial charge in [-0.3, -0.25) is 9.59 Å². The Bertz CT molecular complexity index is 1520. The minimum atomic E-state index is -0.371. The van der Waals surface area contributed by atoms with Gasteiger partial charge in [-0.05, 0) is 73.2 Å². The van der Waals surface area contributed by atoms with Crippen molar-refractivity contribution in [1.29, 1.82) is 0 Å². The van der Waals surface area contributed by atoms with E-state index < -0.39 is 0 Å². The Hall–Kier alpha value is -4.00. The number of halogens is 1. The fourth-order valence-electron chi connectivity index (χ4n) is 4.92. The molecular weight excluding hydrogens is 457 g/mol. The first-order chi connectivity index (χ1) is 17.4. The van der Waals surface area contributed by atoms with Crippen LogP contribution in [0.25, 0.3) is 33.6 Å². The Morgan fingerprint density at radius 2 is 1.83 bits per heavy atom. The van der Waals surface area contributed by atoms with Crippen molar-refractivity contribution in [2.45, 2.75) is 38.1 Å². The third kappa shape index (κ3) is 3.75. The minimum Gasteiger partial charge on any atom is -0.437 e. The highest BCUT2D eigenvalue weighted by Crippen LogP contribution is 2.66. The van der Waals surface area contributed by atoms with E-state index in [1.165, 1.54) is 12.1 Å². The molecule has 0 spiro atoms. The third-order valence-corrected chi connectivity index (χ3v) is 7.29. The maximum absolute atomic E-state index is 13.5. The van der Waals surface area contributed by atoms with Crippen molar-refractivity contribution >= 4 is 22.9 Å². The van der Waals surface area contributed by atoms with Gasteiger partial charge in [0.05, 0.1) is 16.6 Å². The highest BCUT2D eigenvalue weighted by atomic mass is 19.1. The summed E-state index contributed by atoms with van der Waals surface area (Å²) in [5.74, 6) is 0.249. The summed E-state index contributed by atoms with van der Waals surface area (Å²) in [4.78, 5) is 30.7. The van der Waals surface area contributed by atoms with Gasteiger partial charge < -0.3 is 15.1 Å². The molecule has 4 aromatic rings. The van der Waals surface area contributed by atoms with E-state index in [9.17, 15) is 14.0 Å². The quantitative estimate of drug-likeness (QED) is 0.363. The van der Waals surface area contributed by atoms with Crippen LogP contribution in [0.2, 0.25) is 0 Å². The van der Waals surface area contributed by atoms with Gasteiger partial charge in [0, 0.05) is 29.3 Å². The molecule has 2 saturated carbocycles. The summed E-state index contributed by atoms with van der Waals surface area (Å²) >= 11 is 0. The van der Waals surface area contributed by atoms with Crippen LogP contribution in [-0.4, -0.2) is 29.4 Å². The van der Waals surface area contributed by atoms with Gasteiger partial charge in [0.2, 0.25) is 5.71 Å². The monoisotopic (exact) mass is 483 g/mol. The summed E-state index contributed by atoms with van der Waals surface area (Å²) in [5.41, 5.74) is 4.47. The Morgan fingerprint density at radius 3 is 2.50 bits per heavy atom. The van der Waals surface area contributed by atoms with Gasteiger partial charge in [-0.1, -0.05) is 25.5 Å². The second-order valence-electron chi connectivity index (χ2n) is 9.77. The first-order valence-corrected chi connectivity index (χ1v) is 12.3. The molecule has 0 bridgehead atoms. The number of aromatic nitrogens is 1. The van der Waals surface area contributed by atoms with E-state index in [-0.39, 0.29) is 23.2 Å². The van der Waals surface area contributed by atoms with Crippen LogP contribution in [0.1, 0.15) is 52.6 Å². The number of benzene rings is 2. The zero-order valence-electron chi connectivity index (χ0n) is 20.2. The minimum absolute atomic E-state index is 0.0525. The molecule has 2 aromatic carbocycles. The van der Waals surface area contributed by atoms with E-state index in [1.807, 2.05) is 30.3 Å². The largest absolute Gasteiger partial charge is 0.437 e. The molecule has 0 aliphatic heterocycles. The molecule has 0 atom stereocenters. The van der Waals surface area contributed by atoms with Crippen LogP contribution in [0.4, 0.5) is 4.39 Å². The van der Waals surface area contributed by atoms with E-state index in [2.05, 4.69) is 17.6 Å². The van der Waals surface area contributed by atoms with Crippen LogP contribution < -0.4 is 10.6 Å². The fraction of sp³-hybridized carbons (Fsp3) is 0.276. The second-order valence-corrected chi connectivity index (χ2v) is 9.77. The van der Waals surface area contributed by atoms with E-state index in [0.717, 1.165) is 36.1 Å². The van der Waals surface area contributed by atoms with Gasteiger partial charge in [-0.2, -0.15) is 0 Å². The maximum Gasteiger partial charge on any atom is 0.255 e. The number of hydrogen-bond acceptors (Lipinski definition) is 4. The molecule has 36 heavy (non-hydrogen) atoms. The number of aryl methyl sites for hydroxylation is 1. The van der Waals surface area contributed by atoms with Crippen LogP contribution in [0.3, 0.4) is 0 Å². The summed E-state index contributed by atoms with van der Waals surface area (Å²) < 4.78 is 19.6. The van der Waals surface area contributed by atoms with Crippen LogP contribution in [0.15, 0.2) is 59.0 Å². The van der Waals surface area contributed by atoms with Crippen LogP contribution in [-0.2, 0) is 6.42 Å². The van der Waals surface area contributed by atoms with Crippen LogP contribution in [0.5, 0.6) is 0 Å². The Balaban J connectivity index is 1.49. The standard InChI is InChI=1S/C29H26FN3O3/c1-3-5-23-21(17-6-4-7-18(12-17)26(34)33-29-14-19(29)15-29)13-22-24(27(35)31-2)25(36-28(22)32-23)16-8-10-20(30)11-9-16/h4,6-13,19H,3,5,14-15H2,1-2H3,(H,31,35)(H,33,34). The van der Waals surface area contributed by atoms with Crippen molar-refractivity contribution in [3.63, 3.8) is 0 Å². The molecular formula is C29H26FN3O3. The number of hydrogen-bond donors (Lipinski definition) is 2. The Morgan fingerprint density at radius 1 is 1.08 bits per heavy atom. The fourth-order valence-corrected chi connectivity index (χ4v) is 4.92. The summed E-state index contributed by atoms with van der Waals surface area (Å²) in [5, 5.41) is 6.42. The first-order valence-electron chi connectivity index (χ1n) is 12.3. The van der Waals surface area contributed by atoms with Gasteiger partial charge >= 0.3 is 0 Å². The van der Waals surface area contributed by atoms with Gasteiger partial charge in [0.15, 0.2) is 0 Å². The number of pyridine rings is 1. The Labute approximate surface area is 207 Å².